The predicted octanol–water partition coefficient (Wildman–Crippen LogP) is 13.1. The Balaban J connectivity index is 1.15. The van der Waals surface area contributed by atoms with Crippen molar-refractivity contribution in [3.8, 4) is 67.9 Å². The summed E-state index contributed by atoms with van der Waals surface area (Å²) >= 11 is 0. The Morgan fingerprint density at radius 2 is 0.946 bits per heavy atom. The Hall–Kier alpha value is -7.70. The number of hydrogen-bond acceptors (Lipinski definition) is 6. The third kappa shape index (κ3) is 5.35. The van der Waals surface area contributed by atoms with Crippen molar-refractivity contribution in [1.82, 2.24) is 19.9 Å². The minimum absolute atomic E-state index is 0.539. The van der Waals surface area contributed by atoms with Crippen molar-refractivity contribution in [3.05, 3.63) is 182 Å². The quantitative estimate of drug-likeness (QED) is 0.170. The Bertz CT molecular complexity index is 3260. The Kier molecular flexibility index (Phi) is 7.38. The van der Waals surface area contributed by atoms with Gasteiger partial charge in [0, 0.05) is 38.4 Å². The van der Waals surface area contributed by atoms with E-state index in [-0.39, 0.29) is 0 Å². The molecule has 11 aromatic rings. The number of fused-ring (bicyclic) bond motifs is 6. The van der Waals surface area contributed by atoms with Gasteiger partial charge in [0.15, 0.2) is 23.1 Å². The molecule has 8 aromatic carbocycles. The van der Waals surface area contributed by atoms with Gasteiger partial charge in [0.2, 0.25) is 5.89 Å². The molecule has 0 spiro atoms. The fourth-order valence-corrected chi connectivity index (χ4v) is 7.78. The van der Waals surface area contributed by atoms with E-state index in [0.717, 1.165) is 82.7 Å². The summed E-state index contributed by atoms with van der Waals surface area (Å²) in [7, 11) is 0. The van der Waals surface area contributed by atoms with Gasteiger partial charge in [-0.05, 0) is 64.0 Å². The van der Waals surface area contributed by atoms with Crippen molar-refractivity contribution in [2.75, 3.05) is 0 Å². The zero-order chi connectivity index (χ0) is 37.0. The molecule has 262 valence electrons. The number of rotatable bonds is 6. The number of aromatic nitrogens is 4. The summed E-state index contributed by atoms with van der Waals surface area (Å²) in [4.78, 5) is 20.6. The molecule has 0 radical (unpaired) electrons. The lowest BCUT2D eigenvalue weighted by Crippen LogP contribution is -2.01. The number of nitrogens with zero attached hydrogens (tertiary/aromatic N) is 4. The highest BCUT2D eigenvalue weighted by molar-refractivity contribution is 6.13. The van der Waals surface area contributed by atoms with Gasteiger partial charge in [-0.3, -0.25) is 0 Å². The van der Waals surface area contributed by atoms with Gasteiger partial charge in [-0.1, -0.05) is 146 Å². The predicted molar refractivity (Wildman–Crippen MR) is 225 cm³/mol. The summed E-state index contributed by atoms with van der Waals surface area (Å²) < 4.78 is 12.8. The second-order valence-corrected chi connectivity index (χ2v) is 13.8. The molecule has 0 aliphatic rings. The molecular weight excluding hydrogens is 689 g/mol. The first-order valence-corrected chi connectivity index (χ1v) is 18.6. The largest absolute Gasteiger partial charge is 0.456 e. The van der Waals surface area contributed by atoms with Gasteiger partial charge < -0.3 is 8.83 Å². The second-order valence-electron chi connectivity index (χ2n) is 13.8. The van der Waals surface area contributed by atoms with Crippen LogP contribution >= 0.6 is 0 Å². The van der Waals surface area contributed by atoms with Gasteiger partial charge in [0.1, 0.15) is 16.7 Å². The first-order chi connectivity index (χ1) is 27.7. The number of furan rings is 1. The lowest BCUT2D eigenvalue weighted by atomic mass is 9.97. The van der Waals surface area contributed by atoms with Gasteiger partial charge in [0.05, 0.1) is 0 Å². The summed E-state index contributed by atoms with van der Waals surface area (Å²) in [6.07, 6.45) is 0. The van der Waals surface area contributed by atoms with E-state index < -0.39 is 0 Å². The Morgan fingerprint density at radius 1 is 0.339 bits per heavy atom. The van der Waals surface area contributed by atoms with Crippen LogP contribution in [0.15, 0.2) is 191 Å². The molecule has 0 amide bonds. The highest BCUT2D eigenvalue weighted by Crippen LogP contribution is 2.40. The van der Waals surface area contributed by atoms with E-state index in [1.807, 2.05) is 103 Å². The van der Waals surface area contributed by atoms with Crippen LogP contribution in [0.1, 0.15) is 0 Å². The number of benzene rings is 8. The third-order valence-corrected chi connectivity index (χ3v) is 10.4. The Labute approximate surface area is 321 Å². The maximum absolute atomic E-state index is 6.57. The van der Waals surface area contributed by atoms with Crippen molar-refractivity contribution < 1.29 is 8.83 Å². The molecule has 0 fully saturated rings. The number of hydrogen-bond donors (Lipinski definition) is 0. The van der Waals surface area contributed by atoms with Crippen LogP contribution in [0.3, 0.4) is 0 Å². The zero-order valence-corrected chi connectivity index (χ0v) is 29.9. The van der Waals surface area contributed by atoms with Crippen LogP contribution in [0.2, 0.25) is 0 Å². The lowest BCUT2D eigenvalue weighted by Gasteiger charge is -2.13. The van der Waals surface area contributed by atoms with Crippen molar-refractivity contribution in [2.24, 2.45) is 0 Å². The molecule has 11 rings (SSSR count). The first kappa shape index (κ1) is 31.8. The molecule has 0 bridgehead atoms. The number of oxazole rings is 1. The van der Waals surface area contributed by atoms with Crippen molar-refractivity contribution >= 4 is 43.8 Å². The van der Waals surface area contributed by atoms with E-state index >= 15 is 0 Å². The van der Waals surface area contributed by atoms with E-state index in [1.165, 1.54) is 0 Å². The Morgan fingerprint density at radius 3 is 1.80 bits per heavy atom. The third-order valence-electron chi connectivity index (χ3n) is 10.4. The van der Waals surface area contributed by atoms with Crippen molar-refractivity contribution in [2.45, 2.75) is 0 Å². The molecule has 0 aliphatic carbocycles. The second kappa shape index (κ2) is 13.0. The fraction of sp³-hybridized carbons (Fsp3) is 0. The molecule has 0 aliphatic heterocycles. The van der Waals surface area contributed by atoms with Crippen LogP contribution in [0, 0.1) is 0 Å². The smallest absolute Gasteiger partial charge is 0.227 e. The van der Waals surface area contributed by atoms with Crippen LogP contribution in [0.4, 0.5) is 0 Å². The summed E-state index contributed by atoms with van der Waals surface area (Å²) in [6, 6.07) is 61.7. The molecule has 0 saturated heterocycles. The summed E-state index contributed by atoms with van der Waals surface area (Å²) in [5.74, 6) is 2.24. The van der Waals surface area contributed by atoms with E-state index in [1.54, 1.807) is 0 Å². The van der Waals surface area contributed by atoms with E-state index in [2.05, 4.69) is 78.9 Å². The van der Waals surface area contributed by atoms with Crippen LogP contribution in [0.5, 0.6) is 0 Å². The van der Waals surface area contributed by atoms with Crippen LogP contribution < -0.4 is 0 Å². The standard InChI is InChI=1S/C50H30N4O2/c1-3-14-31(15-4-1)36-21-7-8-22-38(36)48-52-47(35-20-11-19-34(30-35)37-24-13-27-43-45(37)39-23-9-10-26-42(39)55-43)53-49(54-48)40-25-12-18-32-28-29-41-46(44(32)40)56-50(51-41)33-16-5-2-6-17-33/h1-30H. The lowest BCUT2D eigenvalue weighted by molar-refractivity contribution is 0.623. The minimum Gasteiger partial charge on any atom is -0.456 e. The van der Waals surface area contributed by atoms with Crippen LogP contribution in [-0.2, 0) is 0 Å². The molecular formula is C50H30N4O2. The molecule has 0 saturated carbocycles. The molecule has 56 heavy (non-hydrogen) atoms. The van der Waals surface area contributed by atoms with Crippen molar-refractivity contribution in [3.63, 3.8) is 0 Å². The zero-order valence-electron chi connectivity index (χ0n) is 29.9. The average molecular weight is 719 g/mol. The summed E-state index contributed by atoms with van der Waals surface area (Å²) in [5.41, 5.74) is 10.9. The normalized spacial score (nSPS) is 11.6. The van der Waals surface area contributed by atoms with Crippen molar-refractivity contribution in [1.29, 1.82) is 0 Å². The van der Waals surface area contributed by atoms with Gasteiger partial charge in [0.25, 0.3) is 0 Å². The van der Waals surface area contributed by atoms with Gasteiger partial charge in [-0.25, -0.2) is 19.9 Å². The maximum atomic E-state index is 6.57. The minimum atomic E-state index is 0.539. The highest BCUT2D eigenvalue weighted by atomic mass is 16.3. The highest BCUT2D eigenvalue weighted by Gasteiger charge is 2.21. The molecule has 0 atom stereocenters. The van der Waals surface area contributed by atoms with E-state index in [0.29, 0.717) is 28.9 Å². The average Bonchev–Trinajstić information content (AvgIpc) is 3.89. The summed E-state index contributed by atoms with van der Waals surface area (Å²) in [6.45, 7) is 0. The molecule has 3 aromatic heterocycles. The number of para-hydroxylation sites is 1. The van der Waals surface area contributed by atoms with E-state index in [4.69, 9.17) is 28.8 Å². The SMILES string of the molecule is c1ccc(-c2nc3ccc4cccc(-c5nc(-c6cccc(-c7cccc8oc9ccccc9c78)c6)nc(-c6ccccc6-c6ccccc6)n5)c4c3o2)cc1. The van der Waals surface area contributed by atoms with Gasteiger partial charge in [-0.15, -0.1) is 0 Å². The fourth-order valence-electron chi connectivity index (χ4n) is 7.78. The molecule has 3 heterocycles. The topological polar surface area (TPSA) is 77.8 Å². The van der Waals surface area contributed by atoms with Crippen LogP contribution in [0.25, 0.3) is 112 Å². The van der Waals surface area contributed by atoms with Gasteiger partial charge in [-0.2, -0.15) is 0 Å². The summed E-state index contributed by atoms with van der Waals surface area (Å²) in [5, 5.41) is 4.06. The molecule has 0 unspecified atom stereocenters. The first-order valence-electron chi connectivity index (χ1n) is 18.6. The molecule has 0 N–H and O–H groups in total. The molecule has 6 nitrogen and oxygen atoms in total. The molecule has 6 heteroatoms. The van der Waals surface area contributed by atoms with Crippen LogP contribution in [-0.4, -0.2) is 19.9 Å². The van der Waals surface area contributed by atoms with E-state index in [9.17, 15) is 0 Å². The van der Waals surface area contributed by atoms with Gasteiger partial charge >= 0.3 is 0 Å². The maximum Gasteiger partial charge on any atom is 0.227 e. The monoisotopic (exact) mass is 718 g/mol.